The van der Waals surface area contributed by atoms with Crippen molar-refractivity contribution in [3.05, 3.63) is 24.3 Å². The number of para-hydroxylation sites is 2. The molecule has 0 radical (unpaired) electrons. The van der Waals surface area contributed by atoms with Crippen molar-refractivity contribution in [3.63, 3.8) is 0 Å². The first-order chi connectivity index (χ1) is 7.65. The van der Waals surface area contributed by atoms with Crippen LogP contribution in [0.3, 0.4) is 0 Å². The molecule has 1 aromatic heterocycles. The third kappa shape index (κ3) is 2.17. The van der Waals surface area contributed by atoms with E-state index < -0.39 is 0 Å². The molecule has 82 valence electrons. The molecule has 0 bridgehead atoms. The maximum atomic E-state index is 10.7. The zero-order valence-electron chi connectivity index (χ0n) is 8.60. The van der Waals surface area contributed by atoms with Gasteiger partial charge in [0.1, 0.15) is 5.52 Å². The van der Waals surface area contributed by atoms with Crippen LogP contribution in [-0.4, -0.2) is 16.9 Å². The van der Waals surface area contributed by atoms with Gasteiger partial charge in [-0.25, -0.2) is 0 Å². The molecule has 6 heteroatoms. The van der Waals surface area contributed by atoms with Crippen LogP contribution in [0.2, 0.25) is 0 Å². The number of nitrogens with zero attached hydrogens (tertiary/aromatic N) is 2. The van der Waals surface area contributed by atoms with Crippen molar-refractivity contribution in [3.8, 4) is 0 Å². The summed E-state index contributed by atoms with van der Waals surface area (Å²) in [5.74, 6) is -0.337. The second kappa shape index (κ2) is 4.01. The Labute approximate surface area is 91.2 Å². The molecule has 0 unspecified atom stereocenters. The topological polar surface area (TPSA) is 93.5 Å². The molecule has 0 aliphatic heterocycles. The summed E-state index contributed by atoms with van der Waals surface area (Å²) in [6.45, 7) is 1.34. The third-order valence-corrected chi connectivity index (χ3v) is 1.80. The van der Waals surface area contributed by atoms with E-state index in [1.54, 1.807) is 12.1 Å². The van der Waals surface area contributed by atoms with E-state index in [9.17, 15) is 4.79 Å². The van der Waals surface area contributed by atoms with Gasteiger partial charge in [-0.3, -0.25) is 10.1 Å². The number of aliphatic imine (C=N–C) groups is 1. The number of fused-ring (bicyclic) bond motifs is 1. The van der Waals surface area contributed by atoms with Gasteiger partial charge in [0.05, 0.1) is 0 Å². The summed E-state index contributed by atoms with van der Waals surface area (Å²) in [4.78, 5) is 18.6. The first kappa shape index (κ1) is 10.2. The molecule has 1 amide bonds. The molecule has 6 nitrogen and oxygen atoms in total. The van der Waals surface area contributed by atoms with Crippen LogP contribution in [0.25, 0.3) is 11.1 Å². The largest absolute Gasteiger partial charge is 0.422 e. The molecule has 1 heterocycles. The number of nitrogens with one attached hydrogen (secondary N) is 1. The molecule has 2 aromatic rings. The van der Waals surface area contributed by atoms with Crippen molar-refractivity contribution in [2.45, 2.75) is 6.92 Å². The Morgan fingerprint density at radius 3 is 2.94 bits per heavy atom. The molecular formula is C10H10N4O2. The molecule has 3 N–H and O–H groups in total. The van der Waals surface area contributed by atoms with Gasteiger partial charge in [-0.05, 0) is 12.1 Å². The first-order valence-electron chi connectivity index (χ1n) is 4.62. The van der Waals surface area contributed by atoms with Gasteiger partial charge in [0.25, 0.3) is 0 Å². The summed E-state index contributed by atoms with van der Waals surface area (Å²) in [5, 5.41) is 2.32. The van der Waals surface area contributed by atoms with E-state index in [1.165, 1.54) is 6.92 Å². The van der Waals surface area contributed by atoms with Crippen molar-refractivity contribution in [2.75, 3.05) is 0 Å². The molecule has 0 fully saturated rings. The SMILES string of the molecule is CC(=O)NC(N)=Nc1nc2ccccc2o1. The number of rotatable bonds is 1. The number of aromatic nitrogens is 1. The molecule has 16 heavy (non-hydrogen) atoms. The molecule has 0 spiro atoms. The number of carbonyl (C=O) groups excluding carboxylic acids is 1. The number of nitrogens with two attached hydrogens (primary N) is 1. The van der Waals surface area contributed by atoms with Crippen LogP contribution in [0, 0.1) is 0 Å². The van der Waals surface area contributed by atoms with Crippen LogP contribution < -0.4 is 11.1 Å². The quantitative estimate of drug-likeness (QED) is 0.549. The van der Waals surface area contributed by atoms with Crippen LogP contribution in [-0.2, 0) is 4.79 Å². The number of guanidine groups is 1. The number of oxazole rings is 1. The Bertz CT molecular complexity index is 526. The normalized spacial score (nSPS) is 11.7. The highest BCUT2D eigenvalue weighted by Crippen LogP contribution is 2.19. The Morgan fingerprint density at radius 2 is 2.25 bits per heavy atom. The van der Waals surface area contributed by atoms with E-state index in [1.807, 2.05) is 12.1 Å². The minimum atomic E-state index is -0.294. The van der Waals surface area contributed by atoms with Crippen molar-refractivity contribution in [2.24, 2.45) is 10.7 Å². The Balaban J connectivity index is 2.30. The lowest BCUT2D eigenvalue weighted by Gasteiger charge is -1.96. The van der Waals surface area contributed by atoms with E-state index in [2.05, 4.69) is 15.3 Å². The zero-order valence-corrected chi connectivity index (χ0v) is 8.60. The van der Waals surface area contributed by atoms with Gasteiger partial charge < -0.3 is 10.2 Å². The summed E-state index contributed by atoms with van der Waals surface area (Å²) < 4.78 is 5.29. The molecule has 0 saturated carbocycles. The molecule has 2 rings (SSSR count). The second-order valence-corrected chi connectivity index (χ2v) is 3.14. The monoisotopic (exact) mass is 218 g/mol. The van der Waals surface area contributed by atoms with Crippen molar-refractivity contribution in [1.82, 2.24) is 10.3 Å². The van der Waals surface area contributed by atoms with Crippen LogP contribution in [0.15, 0.2) is 33.7 Å². The summed E-state index contributed by atoms with van der Waals surface area (Å²) >= 11 is 0. The maximum absolute atomic E-state index is 10.7. The summed E-state index contributed by atoms with van der Waals surface area (Å²) in [6, 6.07) is 7.36. The van der Waals surface area contributed by atoms with Crippen LogP contribution in [0.1, 0.15) is 6.92 Å². The first-order valence-corrected chi connectivity index (χ1v) is 4.62. The molecule has 1 aromatic carbocycles. The van der Waals surface area contributed by atoms with Gasteiger partial charge in [-0.2, -0.15) is 9.98 Å². The van der Waals surface area contributed by atoms with Crippen LogP contribution >= 0.6 is 0 Å². The average molecular weight is 218 g/mol. The van der Waals surface area contributed by atoms with Gasteiger partial charge in [-0.15, -0.1) is 0 Å². The van der Waals surface area contributed by atoms with Crippen molar-refractivity contribution < 1.29 is 9.21 Å². The predicted octanol–water partition coefficient (Wildman–Crippen LogP) is 0.910. The van der Waals surface area contributed by atoms with E-state index in [-0.39, 0.29) is 17.9 Å². The standard InChI is InChI=1S/C10H10N4O2/c1-6(15)12-9(11)14-10-13-7-4-2-3-5-8(7)16-10/h2-5H,1H3,(H3,11,12,13,14,15). The van der Waals surface area contributed by atoms with Crippen molar-refractivity contribution >= 4 is 29.0 Å². The lowest BCUT2D eigenvalue weighted by molar-refractivity contribution is -0.117. The van der Waals surface area contributed by atoms with Gasteiger partial charge in [0.2, 0.25) is 11.9 Å². The van der Waals surface area contributed by atoms with Crippen molar-refractivity contribution in [1.29, 1.82) is 0 Å². The molecule has 0 saturated heterocycles. The molecular weight excluding hydrogens is 208 g/mol. The second-order valence-electron chi connectivity index (χ2n) is 3.14. The van der Waals surface area contributed by atoms with Crippen LogP contribution in [0.4, 0.5) is 6.01 Å². The van der Waals surface area contributed by atoms with E-state index in [0.29, 0.717) is 11.1 Å². The minimum absolute atomic E-state index is 0.0425. The molecule has 0 atom stereocenters. The number of benzene rings is 1. The highest BCUT2D eigenvalue weighted by Gasteiger charge is 2.04. The van der Waals surface area contributed by atoms with Crippen LogP contribution in [0.5, 0.6) is 0 Å². The number of amides is 1. The Hall–Kier alpha value is -2.37. The predicted molar refractivity (Wildman–Crippen MR) is 59.1 cm³/mol. The summed E-state index contributed by atoms with van der Waals surface area (Å²) in [7, 11) is 0. The number of carbonyl (C=O) groups is 1. The highest BCUT2D eigenvalue weighted by molar-refractivity contribution is 5.95. The average Bonchev–Trinajstić information content (AvgIpc) is 2.57. The Kier molecular flexibility index (Phi) is 2.55. The van der Waals surface area contributed by atoms with E-state index in [0.717, 1.165) is 0 Å². The maximum Gasteiger partial charge on any atom is 0.325 e. The zero-order chi connectivity index (χ0) is 11.5. The smallest absolute Gasteiger partial charge is 0.325 e. The number of hydrogen-bond acceptors (Lipinski definition) is 4. The fraction of sp³-hybridized carbons (Fsp3) is 0.100. The van der Waals surface area contributed by atoms with Gasteiger partial charge in [0.15, 0.2) is 5.58 Å². The lowest BCUT2D eigenvalue weighted by atomic mass is 10.3. The molecule has 0 aliphatic carbocycles. The van der Waals surface area contributed by atoms with E-state index in [4.69, 9.17) is 10.2 Å². The van der Waals surface area contributed by atoms with Gasteiger partial charge >= 0.3 is 6.01 Å². The van der Waals surface area contributed by atoms with Gasteiger partial charge in [-0.1, -0.05) is 12.1 Å². The fourth-order valence-corrected chi connectivity index (χ4v) is 1.22. The van der Waals surface area contributed by atoms with Gasteiger partial charge in [0, 0.05) is 6.92 Å². The number of hydrogen-bond donors (Lipinski definition) is 2. The summed E-state index contributed by atoms with van der Waals surface area (Å²) in [5.41, 5.74) is 6.76. The highest BCUT2D eigenvalue weighted by atomic mass is 16.4. The van der Waals surface area contributed by atoms with E-state index >= 15 is 0 Å². The Morgan fingerprint density at radius 1 is 1.50 bits per heavy atom. The molecule has 0 aliphatic rings. The minimum Gasteiger partial charge on any atom is -0.422 e. The fourth-order valence-electron chi connectivity index (χ4n) is 1.22. The third-order valence-electron chi connectivity index (χ3n) is 1.80. The lowest BCUT2D eigenvalue weighted by Crippen LogP contribution is -2.34. The summed E-state index contributed by atoms with van der Waals surface area (Å²) in [6.07, 6.45) is 0.